The fourth-order valence-corrected chi connectivity index (χ4v) is 8.07. The number of phosphoric acid groups is 1. The molecule has 0 spiro atoms. The number of allylic oxidation sites excluding steroid dienone is 6. The Morgan fingerprint density at radius 1 is 0.500 bits per heavy atom. The van der Waals surface area contributed by atoms with Crippen molar-refractivity contribution in [2.24, 2.45) is 0 Å². The number of esters is 1. The number of quaternary nitrogens is 1. The summed E-state index contributed by atoms with van der Waals surface area (Å²) in [6.45, 7) is 5.42. The summed E-state index contributed by atoms with van der Waals surface area (Å²) in [6.07, 6.45) is 55.9. The van der Waals surface area contributed by atoms with Gasteiger partial charge < -0.3 is 27.9 Å². The van der Waals surface area contributed by atoms with Gasteiger partial charge in [-0.25, -0.2) is 0 Å². The number of nitrogens with zero attached hydrogens (tertiary/aromatic N) is 1. The van der Waals surface area contributed by atoms with Crippen molar-refractivity contribution in [1.29, 1.82) is 0 Å². The Balaban J connectivity index is 4.12. The number of rotatable bonds is 49. The van der Waals surface area contributed by atoms with Crippen molar-refractivity contribution in [3.63, 3.8) is 0 Å². The van der Waals surface area contributed by atoms with Gasteiger partial charge in [-0.2, -0.15) is 0 Å². The molecule has 2 atom stereocenters. The highest BCUT2D eigenvalue weighted by atomic mass is 31.2. The van der Waals surface area contributed by atoms with Crippen LogP contribution in [0.4, 0.5) is 0 Å². The molecule has 0 aliphatic rings. The first kappa shape index (κ1) is 60.7. The first-order valence-corrected chi connectivity index (χ1v) is 27.7. The third kappa shape index (κ3) is 49.7. The van der Waals surface area contributed by atoms with Gasteiger partial charge in [-0.15, -0.1) is 0 Å². The zero-order chi connectivity index (χ0) is 45.5. The van der Waals surface area contributed by atoms with E-state index in [9.17, 15) is 14.3 Å². The largest absolute Gasteiger partial charge is 0.756 e. The van der Waals surface area contributed by atoms with E-state index in [-0.39, 0.29) is 25.8 Å². The molecule has 0 heterocycles. The zero-order valence-corrected chi connectivity index (χ0v) is 42.5. The molecule has 366 valence electrons. The minimum atomic E-state index is -4.53. The molecule has 0 rings (SSSR count). The molecule has 0 saturated heterocycles. The van der Waals surface area contributed by atoms with Gasteiger partial charge in [0.2, 0.25) is 0 Å². The summed E-state index contributed by atoms with van der Waals surface area (Å²) >= 11 is 0. The highest BCUT2D eigenvalue weighted by Crippen LogP contribution is 2.38. The van der Waals surface area contributed by atoms with Gasteiger partial charge in [-0.1, -0.05) is 198 Å². The van der Waals surface area contributed by atoms with Gasteiger partial charge in [-0.3, -0.25) is 9.36 Å². The van der Waals surface area contributed by atoms with Crippen molar-refractivity contribution < 1.29 is 37.3 Å². The Morgan fingerprint density at radius 2 is 0.887 bits per heavy atom. The molecular weight excluding hydrogens is 794 g/mol. The monoisotopic (exact) mass is 896 g/mol. The maximum atomic E-state index is 12.8. The average Bonchev–Trinajstić information content (AvgIpc) is 3.23. The smallest absolute Gasteiger partial charge is 0.306 e. The molecule has 62 heavy (non-hydrogen) atoms. The number of carbonyl (C=O) groups excluding carboxylic acids is 1. The minimum Gasteiger partial charge on any atom is -0.756 e. The summed E-state index contributed by atoms with van der Waals surface area (Å²) < 4.78 is 34.7. The molecule has 2 unspecified atom stereocenters. The van der Waals surface area contributed by atoms with Crippen LogP contribution in [-0.2, 0) is 27.9 Å². The molecule has 0 radical (unpaired) electrons. The fourth-order valence-electron chi connectivity index (χ4n) is 7.34. The van der Waals surface area contributed by atoms with Gasteiger partial charge in [0.25, 0.3) is 7.82 Å². The predicted octanol–water partition coefficient (Wildman–Crippen LogP) is 15.5. The van der Waals surface area contributed by atoms with Crippen molar-refractivity contribution in [3.8, 4) is 0 Å². The third-order valence-electron chi connectivity index (χ3n) is 11.4. The number of unbranched alkanes of at least 4 members (excludes halogenated alkanes) is 29. The van der Waals surface area contributed by atoms with Crippen LogP contribution >= 0.6 is 7.82 Å². The van der Waals surface area contributed by atoms with E-state index in [4.69, 9.17) is 18.5 Å². The van der Waals surface area contributed by atoms with Crippen LogP contribution in [0.2, 0.25) is 0 Å². The second-order valence-corrected chi connectivity index (χ2v) is 20.3. The first-order chi connectivity index (χ1) is 30.1. The van der Waals surface area contributed by atoms with Crippen LogP contribution in [0, 0.1) is 0 Å². The van der Waals surface area contributed by atoms with E-state index in [0.717, 1.165) is 38.5 Å². The lowest BCUT2D eigenvalue weighted by atomic mass is 10.0. The Hall–Kier alpha value is -1.28. The summed E-state index contributed by atoms with van der Waals surface area (Å²) in [5.74, 6) is -0.336. The molecule has 0 aliphatic heterocycles. The van der Waals surface area contributed by atoms with Crippen molar-refractivity contribution in [1.82, 2.24) is 0 Å². The van der Waals surface area contributed by atoms with Crippen molar-refractivity contribution in [2.45, 2.75) is 245 Å². The molecule has 0 bridgehead atoms. The van der Waals surface area contributed by atoms with E-state index in [0.29, 0.717) is 24.1 Å². The predicted molar refractivity (Wildman–Crippen MR) is 263 cm³/mol. The number of carbonyl (C=O) groups is 1. The molecule has 0 aliphatic carbocycles. The Bertz CT molecular complexity index is 1090. The third-order valence-corrected chi connectivity index (χ3v) is 12.4. The average molecular weight is 896 g/mol. The Morgan fingerprint density at radius 3 is 1.32 bits per heavy atom. The van der Waals surface area contributed by atoms with Gasteiger partial charge >= 0.3 is 5.97 Å². The SMILES string of the molecule is CCCCCCC/C=C\C/C=C\CCCCCCCCCCCCCC(=O)OC(COCCCCCCCC/C=C\CCCCCCCCC)COP(=O)([O-])OCC[N+](C)(C)C. The molecule has 0 aromatic rings. The molecule has 0 aromatic carbocycles. The van der Waals surface area contributed by atoms with Gasteiger partial charge in [0, 0.05) is 13.0 Å². The number of hydrogen-bond donors (Lipinski definition) is 0. The highest BCUT2D eigenvalue weighted by Gasteiger charge is 2.20. The van der Waals surface area contributed by atoms with E-state index in [1.807, 2.05) is 21.1 Å². The second-order valence-electron chi connectivity index (χ2n) is 18.9. The highest BCUT2D eigenvalue weighted by molar-refractivity contribution is 7.45. The van der Waals surface area contributed by atoms with E-state index < -0.39 is 13.9 Å². The fraction of sp³-hybridized carbons (Fsp3) is 0.868. The maximum absolute atomic E-state index is 12.8. The number of likely N-dealkylation sites (N-methyl/N-ethyl adjacent to an activating group) is 1. The van der Waals surface area contributed by atoms with E-state index in [1.54, 1.807) is 0 Å². The number of phosphoric ester groups is 1. The maximum Gasteiger partial charge on any atom is 0.306 e. The van der Waals surface area contributed by atoms with E-state index in [1.165, 1.54) is 180 Å². The molecule has 9 heteroatoms. The zero-order valence-electron chi connectivity index (χ0n) is 41.6. The molecule has 0 amide bonds. The van der Waals surface area contributed by atoms with Gasteiger partial charge in [0.05, 0.1) is 34.4 Å². The quantitative estimate of drug-likeness (QED) is 0.0197. The van der Waals surface area contributed by atoms with Gasteiger partial charge in [-0.05, 0) is 70.6 Å². The summed E-state index contributed by atoms with van der Waals surface area (Å²) in [5, 5.41) is 0. The lowest BCUT2D eigenvalue weighted by molar-refractivity contribution is -0.870. The van der Waals surface area contributed by atoms with Crippen LogP contribution in [-0.4, -0.2) is 70.7 Å². The number of ether oxygens (including phenoxy) is 2. The minimum absolute atomic E-state index is 0.0250. The van der Waals surface area contributed by atoms with Crippen LogP contribution in [0.25, 0.3) is 0 Å². The molecule has 0 aromatic heterocycles. The topological polar surface area (TPSA) is 94.1 Å². The lowest BCUT2D eigenvalue weighted by Crippen LogP contribution is -2.37. The van der Waals surface area contributed by atoms with Crippen LogP contribution in [0.1, 0.15) is 239 Å². The number of hydrogen-bond acceptors (Lipinski definition) is 7. The van der Waals surface area contributed by atoms with Gasteiger partial charge in [0.15, 0.2) is 0 Å². The molecule has 0 N–H and O–H groups in total. The summed E-state index contributed by atoms with van der Waals surface area (Å²) in [6, 6.07) is 0. The molecule has 8 nitrogen and oxygen atoms in total. The second kappa shape index (κ2) is 46.3. The molecular formula is C53H102NO7P. The van der Waals surface area contributed by atoms with Crippen LogP contribution < -0.4 is 4.89 Å². The summed E-state index contributed by atoms with van der Waals surface area (Å²) in [5.41, 5.74) is 0. The van der Waals surface area contributed by atoms with Crippen LogP contribution in [0.3, 0.4) is 0 Å². The van der Waals surface area contributed by atoms with Crippen molar-refractivity contribution >= 4 is 13.8 Å². The Labute approximate surface area is 385 Å². The standard InChI is InChI=1S/C53H102NO7P/c1-6-8-10-12-14-16-18-20-22-24-25-26-27-28-29-30-32-34-36-38-40-42-44-46-53(55)61-52(51-60-62(56,57)59-49-47-54(3,4)5)50-58-48-45-43-41-39-37-35-33-31-23-21-19-17-15-13-11-9-7-2/h18,20,23-25,31,52H,6-17,19,21-22,26-30,32-51H2,1-5H3/b20-18-,25-24-,31-23-. The normalized spacial score (nSPS) is 13.8. The Kier molecular flexibility index (Phi) is 45.3. The van der Waals surface area contributed by atoms with Crippen LogP contribution in [0.5, 0.6) is 0 Å². The summed E-state index contributed by atoms with van der Waals surface area (Å²) in [7, 11) is 1.36. The van der Waals surface area contributed by atoms with Crippen molar-refractivity contribution in [2.75, 3.05) is 54.1 Å². The van der Waals surface area contributed by atoms with Gasteiger partial charge in [0.1, 0.15) is 19.3 Å². The van der Waals surface area contributed by atoms with Crippen molar-refractivity contribution in [3.05, 3.63) is 36.5 Å². The van der Waals surface area contributed by atoms with E-state index in [2.05, 4.69) is 50.3 Å². The molecule has 0 fully saturated rings. The summed E-state index contributed by atoms with van der Waals surface area (Å²) in [4.78, 5) is 25.2. The first-order valence-electron chi connectivity index (χ1n) is 26.2. The van der Waals surface area contributed by atoms with Crippen LogP contribution in [0.15, 0.2) is 36.5 Å². The van der Waals surface area contributed by atoms with E-state index >= 15 is 0 Å². The molecule has 0 saturated carbocycles. The lowest BCUT2D eigenvalue weighted by Gasteiger charge is -2.28.